The maximum atomic E-state index is 5.13. The Balaban J connectivity index is 0.00000256. The quantitative estimate of drug-likeness (QED) is 0.171. The van der Waals surface area contributed by atoms with Gasteiger partial charge in [0.25, 0.3) is 0 Å². The molecule has 0 radical (unpaired) electrons. The van der Waals surface area contributed by atoms with Gasteiger partial charge in [0.1, 0.15) is 0 Å². The van der Waals surface area contributed by atoms with E-state index in [1.165, 1.54) is 0 Å². The van der Waals surface area contributed by atoms with Crippen LogP contribution in [0, 0.1) is 0 Å². The van der Waals surface area contributed by atoms with Crippen molar-refractivity contribution in [1.29, 1.82) is 0 Å². The zero-order chi connectivity index (χ0) is 26.2. The first-order valence-electron chi connectivity index (χ1n) is 13.4. The first kappa shape index (κ1) is 24.0. The monoisotopic (exact) mass is 572 g/mol. The summed E-state index contributed by atoms with van der Waals surface area (Å²) in [5.74, 6) is 0. The molecule has 0 spiro atoms. The van der Waals surface area contributed by atoms with Gasteiger partial charge < -0.3 is 9.97 Å². The summed E-state index contributed by atoms with van der Waals surface area (Å²) in [6.45, 7) is 0. The zero-order valence-corrected chi connectivity index (χ0v) is 25.0. The first-order chi connectivity index (χ1) is 19.8. The Hall–Kier alpha value is -4.86. The van der Waals surface area contributed by atoms with Crippen LogP contribution in [0.3, 0.4) is 0 Å². The van der Waals surface area contributed by atoms with Crippen LogP contribution in [0.25, 0.3) is 88.6 Å². The van der Waals surface area contributed by atoms with Crippen LogP contribution < -0.4 is 9.97 Å². The van der Waals surface area contributed by atoms with Gasteiger partial charge in [-0.05, 0) is 45.8 Å². The fourth-order valence-electron chi connectivity index (χ4n) is 6.12. The number of benzene rings is 4. The minimum atomic E-state index is 0. The van der Waals surface area contributed by atoms with Crippen LogP contribution in [-0.4, -0.2) is 9.97 Å². The summed E-state index contributed by atoms with van der Waals surface area (Å²) in [4.78, 5) is 20.5. The Bertz CT molecular complexity index is 2020. The van der Waals surface area contributed by atoms with Gasteiger partial charge in [-0.1, -0.05) is 97.1 Å². The van der Waals surface area contributed by atoms with Crippen LogP contribution in [0.1, 0.15) is 0 Å². The van der Waals surface area contributed by atoms with Gasteiger partial charge in [-0.2, -0.15) is 0 Å². The number of nitrogens with zero attached hydrogens (tertiary/aromatic N) is 4. The average Bonchev–Trinajstić information content (AvgIpc) is 3.73. The van der Waals surface area contributed by atoms with E-state index in [0.29, 0.717) is 0 Å². The molecule has 186 valence electrons. The molecular weight excluding hydrogens is 554 g/mol. The number of hydrogen-bond acceptors (Lipinski definition) is 2. The summed E-state index contributed by atoms with van der Waals surface area (Å²) in [5.41, 5.74) is 11.7. The molecule has 0 unspecified atom stereocenters. The van der Waals surface area contributed by atoms with Crippen molar-refractivity contribution in [2.75, 3.05) is 0 Å². The van der Waals surface area contributed by atoms with Gasteiger partial charge in [0.15, 0.2) is 0 Å². The molecule has 0 fully saturated rings. The molecule has 2 aliphatic heterocycles. The second kappa shape index (κ2) is 9.09. The number of hydrogen-bond donors (Lipinski definition) is 0. The van der Waals surface area contributed by atoms with E-state index in [2.05, 4.69) is 121 Å². The van der Waals surface area contributed by atoms with Gasteiger partial charge in [-0.15, -0.1) is 22.1 Å². The smallest absolute Gasteiger partial charge is 0.657 e. The molecule has 0 N–H and O–H groups in total. The predicted octanol–water partition coefficient (Wildman–Crippen LogP) is 8.54. The third-order valence-electron chi connectivity index (χ3n) is 7.97. The normalized spacial score (nSPS) is 11.7. The number of rotatable bonds is 0. The average molecular weight is 574 g/mol. The minimum Gasteiger partial charge on any atom is -0.657 e. The molecule has 8 bridgehead atoms. The van der Waals surface area contributed by atoms with Crippen molar-refractivity contribution in [2.45, 2.75) is 0 Å². The molecule has 4 nitrogen and oxygen atoms in total. The second-order valence-corrected chi connectivity index (χ2v) is 10.3. The Kier molecular flexibility index (Phi) is 5.32. The van der Waals surface area contributed by atoms with E-state index in [-0.39, 0.29) is 19.5 Å². The molecule has 7 aromatic rings. The zero-order valence-electron chi connectivity index (χ0n) is 22.0. The van der Waals surface area contributed by atoms with Gasteiger partial charge in [0.2, 0.25) is 0 Å². The van der Waals surface area contributed by atoms with Crippen molar-refractivity contribution in [2.24, 2.45) is 0 Å². The fraction of sp³-hybridized carbons (Fsp3) is 0. The van der Waals surface area contributed by atoms with Crippen molar-refractivity contribution in [3.05, 3.63) is 121 Å². The predicted molar refractivity (Wildman–Crippen MR) is 163 cm³/mol. The standard InChI is InChI=1S/C36H20N4.Zn/c1-2-10-22-21(9-1)29-17-31-23-11-3-4-12-24(23)33(38-31)19-35-27-15-7-8-16-28(27)36(40-35)20-34-26-14-6-5-13-25(26)32(39-34)18-30(22)37-29;/h1-20H;/q-2;+2. The third kappa shape index (κ3) is 3.63. The molecule has 3 aromatic heterocycles. The molecule has 0 saturated heterocycles. The molecule has 41 heavy (non-hydrogen) atoms. The molecule has 0 aliphatic carbocycles. The van der Waals surface area contributed by atoms with Gasteiger partial charge >= 0.3 is 19.5 Å². The summed E-state index contributed by atoms with van der Waals surface area (Å²) in [6.07, 6.45) is 0. The second-order valence-electron chi connectivity index (χ2n) is 10.3. The van der Waals surface area contributed by atoms with Gasteiger partial charge in [-0.3, -0.25) is 0 Å². The molecular formula is C36H20N4Zn. The Morgan fingerprint density at radius 1 is 0.341 bits per heavy atom. The number of fused-ring (bicyclic) bond motifs is 20. The molecule has 4 aromatic carbocycles. The van der Waals surface area contributed by atoms with E-state index in [1.807, 2.05) is 0 Å². The maximum absolute atomic E-state index is 5.13. The molecule has 9 rings (SSSR count). The van der Waals surface area contributed by atoms with E-state index in [0.717, 1.165) is 88.6 Å². The van der Waals surface area contributed by atoms with E-state index >= 15 is 0 Å². The van der Waals surface area contributed by atoms with Crippen LogP contribution in [0.4, 0.5) is 0 Å². The van der Waals surface area contributed by atoms with Crippen molar-refractivity contribution >= 4 is 43.6 Å². The van der Waals surface area contributed by atoms with Crippen LogP contribution in [-0.2, 0) is 19.5 Å². The molecule has 0 atom stereocenters. The van der Waals surface area contributed by atoms with Gasteiger partial charge in [-0.25, -0.2) is 9.97 Å². The van der Waals surface area contributed by atoms with E-state index in [9.17, 15) is 0 Å². The van der Waals surface area contributed by atoms with E-state index in [4.69, 9.17) is 19.9 Å². The third-order valence-corrected chi connectivity index (χ3v) is 7.97. The summed E-state index contributed by atoms with van der Waals surface area (Å²) >= 11 is 0. The van der Waals surface area contributed by atoms with Crippen LogP contribution in [0.15, 0.2) is 121 Å². The van der Waals surface area contributed by atoms with Crippen molar-refractivity contribution in [1.82, 2.24) is 19.9 Å². The molecule has 0 amide bonds. The maximum Gasteiger partial charge on any atom is 2.00 e. The Labute approximate surface area is 248 Å². The Morgan fingerprint density at radius 3 is 0.854 bits per heavy atom. The summed E-state index contributed by atoms with van der Waals surface area (Å²) in [7, 11) is 0. The molecule has 2 aliphatic rings. The fourth-order valence-corrected chi connectivity index (χ4v) is 6.12. The summed E-state index contributed by atoms with van der Waals surface area (Å²) in [5, 5.41) is 4.41. The van der Waals surface area contributed by atoms with Crippen molar-refractivity contribution in [3.8, 4) is 45.0 Å². The van der Waals surface area contributed by atoms with Crippen LogP contribution in [0.5, 0.6) is 0 Å². The van der Waals surface area contributed by atoms with Crippen LogP contribution in [0.2, 0.25) is 0 Å². The van der Waals surface area contributed by atoms with Gasteiger partial charge in [0.05, 0.1) is 22.8 Å². The molecule has 0 saturated carbocycles. The van der Waals surface area contributed by atoms with E-state index in [1.54, 1.807) is 0 Å². The van der Waals surface area contributed by atoms with Crippen molar-refractivity contribution < 1.29 is 19.5 Å². The SMILES string of the molecule is [Zn+2].c1ccc2c(c1)-c1cc3[n-]c(cc4nc(cc5[n-]c(cc-2n1)c1ccccc51)-c1ccccc1-4)c1ccccc31. The molecule has 5 heteroatoms. The molecule has 5 heterocycles. The Morgan fingerprint density at radius 2 is 0.585 bits per heavy atom. The summed E-state index contributed by atoms with van der Waals surface area (Å²) in [6, 6.07) is 42.1. The van der Waals surface area contributed by atoms with Gasteiger partial charge in [0, 0.05) is 22.3 Å². The summed E-state index contributed by atoms with van der Waals surface area (Å²) < 4.78 is 0. The minimum absolute atomic E-state index is 0. The topological polar surface area (TPSA) is 54.0 Å². The first-order valence-corrected chi connectivity index (χ1v) is 13.4. The van der Waals surface area contributed by atoms with Crippen LogP contribution >= 0.6 is 0 Å². The van der Waals surface area contributed by atoms with E-state index < -0.39 is 0 Å². The largest absolute Gasteiger partial charge is 2.00 e. The van der Waals surface area contributed by atoms with Crippen molar-refractivity contribution in [3.63, 3.8) is 0 Å². The number of aromatic nitrogens is 4.